The number of aryl methyl sites for hydroxylation is 1. The number of aliphatic hydroxyl groups is 1. The van der Waals surface area contributed by atoms with Crippen molar-refractivity contribution in [3.8, 4) is 5.75 Å². The minimum atomic E-state index is 0.109. The van der Waals surface area contributed by atoms with E-state index in [-0.39, 0.29) is 12.6 Å². The first kappa shape index (κ1) is 15.3. The maximum absolute atomic E-state index is 8.96. The molecule has 0 saturated carbocycles. The van der Waals surface area contributed by atoms with Crippen LogP contribution in [0.15, 0.2) is 6.07 Å². The van der Waals surface area contributed by atoms with Gasteiger partial charge < -0.3 is 15.2 Å². The number of rotatable bonds is 6. The van der Waals surface area contributed by atoms with Crippen LogP contribution in [0.4, 0.5) is 0 Å². The minimum Gasteiger partial charge on any atom is -0.496 e. The Morgan fingerprint density at radius 2 is 2.11 bits per heavy atom. The second-order valence-electron chi connectivity index (χ2n) is 4.60. The smallest absolute Gasteiger partial charge is 0.122 e. The van der Waals surface area contributed by atoms with Crippen LogP contribution < -0.4 is 10.1 Å². The Morgan fingerprint density at radius 3 is 2.67 bits per heavy atom. The molecule has 0 fully saturated rings. The molecule has 0 heterocycles. The fraction of sp³-hybridized carbons (Fsp3) is 0.571. The Labute approximate surface area is 114 Å². The molecule has 4 heteroatoms. The van der Waals surface area contributed by atoms with E-state index in [1.165, 1.54) is 0 Å². The fourth-order valence-corrected chi connectivity index (χ4v) is 2.13. The molecule has 1 atom stereocenters. The molecule has 18 heavy (non-hydrogen) atoms. The fourth-order valence-electron chi connectivity index (χ4n) is 1.96. The number of benzene rings is 1. The summed E-state index contributed by atoms with van der Waals surface area (Å²) in [4.78, 5) is 0. The van der Waals surface area contributed by atoms with E-state index in [0.29, 0.717) is 0 Å². The van der Waals surface area contributed by atoms with Crippen LogP contribution in [0.1, 0.15) is 23.6 Å². The number of methoxy groups -OCH3 is 1. The van der Waals surface area contributed by atoms with Gasteiger partial charge in [-0.1, -0.05) is 11.6 Å². The summed E-state index contributed by atoms with van der Waals surface area (Å²) in [5.41, 5.74) is 3.24. The molecule has 0 aliphatic carbocycles. The van der Waals surface area contributed by atoms with Crippen LogP contribution in [0.25, 0.3) is 0 Å². The summed E-state index contributed by atoms with van der Waals surface area (Å²) in [6, 6.07) is 2.08. The van der Waals surface area contributed by atoms with Crippen LogP contribution in [-0.4, -0.2) is 31.4 Å². The Bertz CT molecular complexity index is 407. The predicted octanol–water partition coefficient (Wildman–Crippen LogP) is 2.48. The molecular weight excluding hydrogens is 250 g/mol. The van der Waals surface area contributed by atoms with Gasteiger partial charge in [-0.3, -0.25) is 0 Å². The molecule has 0 bridgehead atoms. The van der Waals surface area contributed by atoms with E-state index < -0.39 is 0 Å². The molecule has 0 saturated heterocycles. The van der Waals surface area contributed by atoms with Crippen LogP contribution >= 0.6 is 11.6 Å². The lowest BCUT2D eigenvalue weighted by molar-refractivity contribution is 0.252. The molecular formula is C14H22ClNO2. The summed E-state index contributed by atoms with van der Waals surface area (Å²) in [6.45, 7) is 6.88. The topological polar surface area (TPSA) is 41.5 Å². The molecule has 1 rings (SSSR count). The molecule has 0 aliphatic heterocycles. The summed E-state index contributed by atoms with van der Waals surface area (Å²) in [6.07, 6.45) is 0.833. The molecule has 1 aromatic rings. The summed E-state index contributed by atoms with van der Waals surface area (Å²) in [5.74, 6) is 0.882. The second-order valence-corrected chi connectivity index (χ2v) is 4.98. The number of nitrogens with one attached hydrogen (secondary N) is 1. The summed E-state index contributed by atoms with van der Waals surface area (Å²) in [7, 11) is 1.68. The van der Waals surface area contributed by atoms with E-state index in [0.717, 1.165) is 40.4 Å². The van der Waals surface area contributed by atoms with Crippen molar-refractivity contribution < 1.29 is 9.84 Å². The van der Waals surface area contributed by atoms with Crippen molar-refractivity contribution in [3.05, 3.63) is 27.8 Å². The quantitative estimate of drug-likeness (QED) is 0.835. The van der Waals surface area contributed by atoms with Crippen LogP contribution in [0.3, 0.4) is 0 Å². The van der Waals surface area contributed by atoms with Crippen molar-refractivity contribution in [2.45, 2.75) is 33.2 Å². The average Bonchev–Trinajstić information content (AvgIpc) is 2.37. The first-order valence-electron chi connectivity index (χ1n) is 6.18. The van der Waals surface area contributed by atoms with Gasteiger partial charge in [0.1, 0.15) is 5.75 Å². The van der Waals surface area contributed by atoms with E-state index in [9.17, 15) is 0 Å². The minimum absolute atomic E-state index is 0.109. The van der Waals surface area contributed by atoms with Crippen molar-refractivity contribution in [1.82, 2.24) is 5.32 Å². The Morgan fingerprint density at radius 1 is 1.44 bits per heavy atom. The SMILES string of the molecule is COc1cc(C)c(Cl)c(C)c1CCNC(C)CO. The van der Waals surface area contributed by atoms with Crippen molar-refractivity contribution >= 4 is 11.6 Å². The Balaban J connectivity index is 2.84. The maximum Gasteiger partial charge on any atom is 0.122 e. The Kier molecular flexibility index (Phi) is 5.93. The molecule has 0 spiro atoms. The highest BCUT2D eigenvalue weighted by molar-refractivity contribution is 6.32. The van der Waals surface area contributed by atoms with Gasteiger partial charge in [0.25, 0.3) is 0 Å². The van der Waals surface area contributed by atoms with Crippen molar-refractivity contribution in [1.29, 1.82) is 0 Å². The zero-order chi connectivity index (χ0) is 13.7. The van der Waals surface area contributed by atoms with Gasteiger partial charge in [0, 0.05) is 11.1 Å². The normalized spacial score (nSPS) is 12.6. The third kappa shape index (κ3) is 3.61. The highest BCUT2D eigenvalue weighted by atomic mass is 35.5. The van der Waals surface area contributed by atoms with Crippen LogP contribution in [-0.2, 0) is 6.42 Å². The molecule has 0 aromatic heterocycles. The van der Waals surface area contributed by atoms with E-state index in [1.807, 2.05) is 26.8 Å². The van der Waals surface area contributed by atoms with Gasteiger partial charge in [0.15, 0.2) is 0 Å². The molecule has 1 aromatic carbocycles. The third-order valence-electron chi connectivity index (χ3n) is 3.13. The zero-order valence-electron chi connectivity index (χ0n) is 11.5. The number of aliphatic hydroxyl groups excluding tert-OH is 1. The first-order valence-corrected chi connectivity index (χ1v) is 6.55. The van der Waals surface area contributed by atoms with Gasteiger partial charge in [0.05, 0.1) is 13.7 Å². The van der Waals surface area contributed by atoms with Gasteiger partial charge in [-0.15, -0.1) is 0 Å². The maximum atomic E-state index is 8.96. The number of ether oxygens (including phenoxy) is 1. The molecule has 0 amide bonds. The van der Waals surface area contributed by atoms with Gasteiger partial charge in [-0.2, -0.15) is 0 Å². The highest BCUT2D eigenvalue weighted by Gasteiger charge is 2.12. The van der Waals surface area contributed by atoms with Crippen LogP contribution in [0.5, 0.6) is 5.75 Å². The lowest BCUT2D eigenvalue weighted by Gasteiger charge is -2.16. The average molecular weight is 272 g/mol. The largest absolute Gasteiger partial charge is 0.496 e. The van der Waals surface area contributed by atoms with Crippen molar-refractivity contribution in [2.24, 2.45) is 0 Å². The third-order valence-corrected chi connectivity index (χ3v) is 3.72. The van der Waals surface area contributed by atoms with Crippen molar-refractivity contribution in [3.63, 3.8) is 0 Å². The predicted molar refractivity (Wildman–Crippen MR) is 75.7 cm³/mol. The Hall–Kier alpha value is -0.770. The molecule has 0 radical (unpaired) electrons. The van der Waals surface area contributed by atoms with Gasteiger partial charge in [-0.25, -0.2) is 0 Å². The van der Waals surface area contributed by atoms with Gasteiger partial charge in [-0.05, 0) is 56.5 Å². The molecule has 0 aliphatic rings. The number of hydrogen-bond acceptors (Lipinski definition) is 3. The lowest BCUT2D eigenvalue weighted by Crippen LogP contribution is -2.31. The molecule has 102 valence electrons. The summed E-state index contributed by atoms with van der Waals surface area (Å²) in [5, 5.41) is 13.0. The van der Waals surface area contributed by atoms with E-state index in [1.54, 1.807) is 7.11 Å². The van der Waals surface area contributed by atoms with Crippen LogP contribution in [0, 0.1) is 13.8 Å². The standard InChI is InChI=1S/C14H22ClNO2/c1-9-7-13(18-4)12(11(3)14(9)15)5-6-16-10(2)8-17/h7,10,16-17H,5-6,8H2,1-4H3. The lowest BCUT2D eigenvalue weighted by atomic mass is 10.0. The number of hydrogen-bond donors (Lipinski definition) is 2. The monoisotopic (exact) mass is 271 g/mol. The number of halogens is 1. The summed E-state index contributed by atoms with van der Waals surface area (Å²) < 4.78 is 5.41. The second kappa shape index (κ2) is 6.98. The van der Waals surface area contributed by atoms with Crippen molar-refractivity contribution in [2.75, 3.05) is 20.3 Å². The van der Waals surface area contributed by atoms with Gasteiger partial charge >= 0.3 is 0 Å². The summed E-state index contributed by atoms with van der Waals surface area (Å²) >= 11 is 6.26. The van der Waals surface area contributed by atoms with E-state index in [4.69, 9.17) is 21.4 Å². The van der Waals surface area contributed by atoms with E-state index in [2.05, 4.69) is 5.32 Å². The molecule has 3 nitrogen and oxygen atoms in total. The molecule has 1 unspecified atom stereocenters. The first-order chi connectivity index (χ1) is 8.51. The van der Waals surface area contributed by atoms with Crippen LogP contribution in [0.2, 0.25) is 5.02 Å². The highest BCUT2D eigenvalue weighted by Crippen LogP contribution is 2.31. The van der Waals surface area contributed by atoms with Gasteiger partial charge in [0.2, 0.25) is 0 Å². The zero-order valence-corrected chi connectivity index (χ0v) is 12.3. The molecule has 2 N–H and O–H groups in total. The van der Waals surface area contributed by atoms with E-state index >= 15 is 0 Å².